The summed E-state index contributed by atoms with van der Waals surface area (Å²) in [5.41, 5.74) is 9.33. The summed E-state index contributed by atoms with van der Waals surface area (Å²) in [5, 5.41) is 2.62. The smallest absolute Gasteiger partial charge is 0.387 e. The van der Waals surface area contributed by atoms with Gasteiger partial charge in [-0.15, -0.1) is 5.53 Å². The summed E-state index contributed by atoms with van der Waals surface area (Å²) in [4.78, 5) is 23.8. The Balaban J connectivity index is 1.96. The molecule has 2 amide bonds. The van der Waals surface area contributed by atoms with Crippen LogP contribution in [0.3, 0.4) is 0 Å². The van der Waals surface area contributed by atoms with Gasteiger partial charge in [0.25, 0.3) is 5.91 Å². The highest BCUT2D eigenvalue weighted by atomic mass is 79.9. The molecule has 0 aliphatic carbocycles. The number of halogens is 3. The quantitative estimate of drug-likeness (QED) is 0.719. The zero-order chi connectivity index (χ0) is 19.6. The molecule has 3 rings (SSSR count). The van der Waals surface area contributed by atoms with Gasteiger partial charge in [0.1, 0.15) is 12.3 Å². The molecule has 0 aromatic heterocycles. The van der Waals surface area contributed by atoms with Gasteiger partial charge in [-0.1, -0.05) is 28.1 Å². The second-order valence-electron chi connectivity index (χ2n) is 5.69. The minimum atomic E-state index is -2.97. The maximum Gasteiger partial charge on any atom is 0.387 e. The fraction of sp³-hybridized carbons (Fsp3) is 0.176. The van der Waals surface area contributed by atoms with E-state index in [1.165, 1.54) is 6.07 Å². The molecule has 10 heteroatoms. The van der Waals surface area contributed by atoms with Crippen LogP contribution in [0.25, 0.3) is 0 Å². The molecule has 1 aliphatic rings. The van der Waals surface area contributed by atoms with Gasteiger partial charge in [0.05, 0.1) is 17.8 Å². The van der Waals surface area contributed by atoms with E-state index >= 15 is 0 Å². The number of nitrogens with zero attached hydrogens (tertiary/aromatic N) is 2. The molecule has 0 bridgehead atoms. The third kappa shape index (κ3) is 4.34. The summed E-state index contributed by atoms with van der Waals surface area (Å²) in [6, 6.07) is 11.4. The zero-order valence-electron chi connectivity index (χ0n) is 13.9. The third-order valence-corrected chi connectivity index (χ3v) is 4.29. The van der Waals surface area contributed by atoms with E-state index in [0.717, 1.165) is 5.01 Å². The van der Waals surface area contributed by atoms with Crippen LogP contribution in [0.1, 0.15) is 15.9 Å². The monoisotopic (exact) mass is 440 g/mol. The second-order valence-corrected chi connectivity index (χ2v) is 6.61. The molecule has 7 nitrogen and oxygen atoms in total. The number of para-hydroxylation sites is 1. The fourth-order valence-corrected chi connectivity index (χ4v) is 3.13. The van der Waals surface area contributed by atoms with Crippen molar-refractivity contribution in [2.24, 2.45) is 5.73 Å². The standard InChI is InChI=1S/C17H15BrF2N4O3/c18-11-5-6-14(27-17(19)20)10(7-11)8-23-13-4-2-1-3-12(13)16(26)24(22-23)9-15(21)25/h1-7,17,22H,8-9H2,(H2,21,25). The van der Waals surface area contributed by atoms with Crippen molar-refractivity contribution >= 4 is 33.4 Å². The van der Waals surface area contributed by atoms with Crippen LogP contribution >= 0.6 is 15.9 Å². The topological polar surface area (TPSA) is 87.9 Å². The first-order chi connectivity index (χ1) is 12.8. The number of carbonyl (C=O) groups is 2. The molecular weight excluding hydrogens is 426 g/mol. The van der Waals surface area contributed by atoms with Crippen molar-refractivity contribution in [2.75, 3.05) is 11.6 Å². The zero-order valence-corrected chi connectivity index (χ0v) is 15.4. The summed E-state index contributed by atoms with van der Waals surface area (Å²) in [7, 11) is 0. The van der Waals surface area contributed by atoms with Crippen molar-refractivity contribution in [2.45, 2.75) is 13.2 Å². The minimum absolute atomic E-state index is 0.00540. The average Bonchev–Trinajstić information content (AvgIpc) is 2.60. The summed E-state index contributed by atoms with van der Waals surface area (Å²) in [5.74, 6) is -1.11. The van der Waals surface area contributed by atoms with Crippen molar-refractivity contribution < 1.29 is 23.1 Å². The van der Waals surface area contributed by atoms with E-state index in [1.807, 2.05) is 0 Å². The third-order valence-electron chi connectivity index (χ3n) is 3.79. The minimum Gasteiger partial charge on any atom is -0.434 e. The molecule has 0 saturated carbocycles. The van der Waals surface area contributed by atoms with Gasteiger partial charge in [-0.25, -0.2) is 5.01 Å². The Hall–Kier alpha value is -2.72. The molecule has 0 atom stereocenters. The molecule has 1 heterocycles. The molecule has 27 heavy (non-hydrogen) atoms. The van der Waals surface area contributed by atoms with Crippen LogP contribution in [0.2, 0.25) is 0 Å². The Kier molecular flexibility index (Phi) is 5.57. The van der Waals surface area contributed by atoms with Gasteiger partial charge in [-0.05, 0) is 30.3 Å². The van der Waals surface area contributed by atoms with Crippen molar-refractivity contribution in [3.8, 4) is 5.75 Å². The lowest BCUT2D eigenvalue weighted by atomic mass is 10.1. The molecule has 0 radical (unpaired) electrons. The molecule has 1 aliphatic heterocycles. The number of hydrogen-bond donors (Lipinski definition) is 2. The van der Waals surface area contributed by atoms with Gasteiger partial charge in [-0.3, -0.25) is 14.6 Å². The van der Waals surface area contributed by atoms with Gasteiger partial charge in [-0.2, -0.15) is 8.78 Å². The van der Waals surface area contributed by atoms with E-state index in [9.17, 15) is 18.4 Å². The largest absolute Gasteiger partial charge is 0.434 e. The van der Waals surface area contributed by atoms with Gasteiger partial charge in [0.15, 0.2) is 0 Å². The number of benzene rings is 2. The number of nitrogens with one attached hydrogen (secondary N) is 1. The van der Waals surface area contributed by atoms with Crippen LogP contribution in [-0.4, -0.2) is 30.0 Å². The maximum atomic E-state index is 12.7. The predicted molar refractivity (Wildman–Crippen MR) is 96.8 cm³/mol. The Bertz CT molecular complexity index is 881. The molecular formula is C17H15BrF2N4O3. The number of alkyl halides is 2. The van der Waals surface area contributed by atoms with Crippen molar-refractivity contribution in [1.82, 2.24) is 10.5 Å². The lowest BCUT2D eigenvalue weighted by molar-refractivity contribution is -0.119. The van der Waals surface area contributed by atoms with Crippen LogP contribution < -0.4 is 21.0 Å². The highest BCUT2D eigenvalue weighted by Crippen LogP contribution is 2.30. The number of carbonyl (C=O) groups excluding carboxylic acids is 2. The van der Waals surface area contributed by atoms with E-state index in [4.69, 9.17) is 5.73 Å². The number of hydrazine groups is 2. The first kappa shape index (κ1) is 19.1. The van der Waals surface area contributed by atoms with Crippen molar-refractivity contribution in [3.05, 3.63) is 58.1 Å². The van der Waals surface area contributed by atoms with Crippen molar-refractivity contribution in [1.29, 1.82) is 0 Å². The van der Waals surface area contributed by atoms with Gasteiger partial charge >= 0.3 is 6.61 Å². The summed E-state index contributed by atoms with van der Waals surface area (Å²) in [6.45, 7) is -3.23. The number of fused-ring (bicyclic) bond motifs is 1. The van der Waals surface area contributed by atoms with Crippen LogP contribution in [0.15, 0.2) is 46.9 Å². The molecule has 0 fully saturated rings. The van der Waals surface area contributed by atoms with Crippen LogP contribution in [0, 0.1) is 0 Å². The summed E-state index contributed by atoms with van der Waals surface area (Å²) < 4.78 is 30.7. The first-order valence-electron chi connectivity index (χ1n) is 7.81. The summed E-state index contributed by atoms with van der Waals surface area (Å²) in [6.07, 6.45) is 0. The van der Waals surface area contributed by atoms with E-state index in [1.54, 1.807) is 41.4 Å². The molecule has 0 saturated heterocycles. The Labute approximate surface area is 161 Å². The first-order valence-corrected chi connectivity index (χ1v) is 8.60. The number of anilines is 1. The SMILES string of the molecule is NC(=O)CN1NN(Cc2cc(Br)ccc2OC(F)F)c2ccccc2C1=O. The van der Waals surface area contributed by atoms with Crippen molar-refractivity contribution in [3.63, 3.8) is 0 Å². The number of nitrogens with two attached hydrogens (primary N) is 1. The van der Waals surface area contributed by atoms with E-state index < -0.39 is 18.4 Å². The predicted octanol–water partition coefficient (Wildman–Crippen LogP) is 2.42. The number of ether oxygens (including phenoxy) is 1. The second kappa shape index (κ2) is 7.89. The molecule has 142 valence electrons. The lowest BCUT2D eigenvalue weighted by Gasteiger charge is -2.38. The Morgan fingerprint density at radius 2 is 1.96 bits per heavy atom. The fourth-order valence-electron chi connectivity index (χ4n) is 2.72. The van der Waals surface area contributed by atoms with Gasteiger partial charge in [0, 0.05) is 10.0 Å². The highest BCUT2D eigenvalue weighted by molar-refractivity contribution is 9.10. The average molecular weight is 441 g/mol. The number of amides is 2. The van der Waals surface area contributed by atoms with Crippen LogP contribution in [0.4, 0.5) is 14.5 Å². The number of hydrogen-bond acceptors (Lipinski definition) is 5. The molecule has 0 spiro atoms. The van der Waals surface area contributed by atoms with E-state index in [-0.39, 0.29) is 18.8 Å². The molecule has 0 unspecified atom stereocenters. The Morgan fingerprint density at radius 3 is 2.67 bits per heavy atom. The Morgan fingerprint density at radius 1 is 1.22 bits per heavy atom. The summed E-state index contributed by atoms with van der Waals surface area (Å²) >= 11 is 3.31. The van der Waals surface area contributed by atoms with Crippen LogP contribution in [0.5, 0.6) is 5.75 Å². The maximum absolute atomic E-state index is 12.7. The van der Waals surface area contributed by atoms with E-state index in [2.05, 4.69) is 26.2 Å². The number of rotatable bonds is 6. The molecule has 2 aromatic carbocycles. The van der Waals surface area contributed by atoms with Gasteiger partial charge < -0.3 is 10.5 Å². The normalized spacial score (nSPS) is 13.7. The lowest BCUT2D eigenvalue weighted by Crippen LogP contribution is -2.58. The van der Waals surface area contributed by atoms with Gasteiger partial charge in [0.2, 0.25) is 5.91 Å². The molecule has 2 aromatic rings. The number of primary amides is 1. The van der Waals surface area contributed by atoms with E-state index in [0.29, 0.717) is 21.3 Å². The molecule has 3 N–H and O–H groups in total. The highest BCUT2D eigenvalue weighted by Gasteiger charge is 2.30. The van der Waals surface area contributed by atoms with Crippen LogP contribution in [-0.2, 0) is 11.3 Å².